The van der Waals surface area contributed by atoms with Gasteiger partial charge >= 0.3 is 5.97 Å². The van der Waals surface area contributed by atoms with E-state index in [1.807, 2.05) is 0 Å². The van der Waals surface area contributed by atoms with Crippen molar-refractivity contribution in [3.05, 3.63) is 12.2 Å². The molecule has 0 aromatic carbocycles. The molecule has 6 aliphatic rings. The van der Waals surface area contributed by atoms with E-state index in [0.29, 0.717) is 19.3 Å². The van der Waals surface area contributed by atoms with Gasteiger partial charge in [-0.2, -0.15) is 0 Å². The maximum absolute atomic E-state index is 13.5. The second-order valence-corrected chi connectivity index (χ2v) is 10.5. The molecular weight excluding hydrogens is 360 g/mol. The Morgan fingerprint density at radius 1 is 1.32 bits per heavy atom. The van der Waals surface area contributed by atoms with E-state index < -0.39 is 34.8 Å². The van der Waals surface area contributed by atoms with Crippen molar-refractivity contribution in [3.8, 4) is 0 Å². The van der Waals surface area contributed by atoms with Crippen LogP contribution in [0.4, 0.5) is 0 Å². The zero-order chi connectivity index (χ0) is 20.3. The SMILES string of the molecule is C=C1C2CCC3C45COC(O)(C(O)C4C(C)(C)CCC5=O)C3(C2)C1OC(C)=O. The third-order valence-corrected chi connectivity index (χ3v) is 9.07. The summed E-state index contributed by atoms with van der Waals surface area (Å²) in [6, 6.07) is 0. The number of hydrogen-bond donors (Lipinski definition) is 2. The third-order valence-electron chi connectivity index (χ3n) is 9.07. The highest BCUT2D eigenvalue weighted by Crippen LogP contribution is 2.77. The Kier molecular flexibility index (Phi) is 3.53. The maximum atomic E-state index is 13.5. The van der Waals surface area contributed by atoms with E-state index in [0.717, 1.165) is 18.4 Å². The number of ketones is 1. The van der Waals surface area contributed by atoms with Gasteiger partial charge < -0.3 is 19.7 Å². The second kappa shape index (κ2) is 5.27. The van der Waals surface area contributed by atoms with Crippen LogP contribution in [-0.4, -0.2) is 46.6 Å². The molecule has 0 aromatic rings. The summed E-state index contributed by atoms with van der Waals surface area (Å²) in [5, 5.41) is 23.4. The van der Waals surface area contributed by atoms with Gasteiger partial charge in [-0.25, -0.2) is 0 Å². The molecule has 8 unspecified atom stereocenters. The van der Waals surface area contributed by atoms with Gasteiger partial charge in [0, 0.05) is 19.3 Å². The van der Waals surface area contributed by atoms with Gasteiger partial charge in [-0.15, -0.1) is 0 Å². The lowest BCUT2D eigenvalue weighted by molar-refractivity contribution is -0.445. The molecule has 28 heavy (non-hydrogen) atoms. The molecular formula is C22H30O6. The van der Waals surface area contributed by atoms with Crippen LogP contribution in [0.15, 0.2) is 12.2 Å². The van der Waals surface area contributed by atoms with Crippen molar-refractivity contribution in [3.63, 3.8) is 0 Å². The van der Waals surface area contributed by atoms with Crippen LogP contribution in [0, 0.1) is 34.0 Å². The van der Waals surface area contributed by atoms with E-state index in [4.69, 9.17) is 9.47 Å². The number of carbonyl (C=O) groups is 2. The molecule has 154 valence electrons. The van der Waals surface area contributed by atoms with Crippen LogP contribution in [0.2, 0.25) is 0 Å². The van der Waals surface area contributed by atoms with Crippen molar-refractivity contribution < 1.29 is 29.3 Å². The average Bonchev–Trinajstić information content (AvgIpc) is 2.82. The van der Waals surface area contributed by atoms with Crippen molar-refractivity contribution in [1.82, 2.24) is 0 Å². The minimum atomic E-state index is -1.85. The van der Waals surface area contributed by atoms with Gasteiger partial charge in [-0.3, -0.25) is 9.59 Å². The zero-order valence-electron chi connectivity index (χ0n) is 16.9. The minimum absolute atomic E-state index is 0.0985. The summed E-state index contributed by atoms with van der Waals surface area (Å²) >= 11 is 0. The van der Waals surface area contributed by atoms with E-state index in [-0.39, 0.29) is 35.6 Å². The fourth-order valence-corrected chi connectivity index (χ4v) is 8.11. The normalized spacial score (nSPS) is 53.5. The summed E-state index contributed by atoms with van der Waals surface area (Å²) in [5.74, 6) is -2.65. The predicted molar refractivity (Wildman–Crippen MR) is 98.8 cm³/mol. The first kappa shape index (κ1) is 18.8. The summed E-state index contributed by atoms with van der Waals surface area (Å²) in [7, 11) is 0. The molecule has 6 fully saturated rings. The summed E-state index contributed by atoms with van der Waals surface area (Å²) in [4.78, 5) is 25.4. The van der Waals surface area contributed by atoms with Crippen LogP contribution in [0.5, 0.6) is 0 Å². The van der Waals surface area contributed by atoms with E-state index in [1.54, 1.807) is 0 Å². The number of rotatable bonds is 1. The maximum Gasteiger partial charge on any atom is 0.303 e. The van der Waals surface area contributed by atoms with Crippen LogP contribution < -0.4 is 0 Å². The van der Waals surface area contributed by atoms with Gasteiger partial charge in [-0.05, 0) is 48.5 Å². The highest BCUT2D eigenvalue weighted by molar-refractivity contribution is 5.88. The Bertz CT molecular complexity index is 788. The molecule has 6 rings (SSSR count). The fourth-order valence-electron chi connectivity index (χ4n) is 8.11. The molecule has 0 radical (unpaired) electrons. The molecule has 2 heterocycles. The lowest BCUT2D eigenvalue weighted by Crippen LogP contribution is -2.83. The number of aliphatic hydroxyl groups is 2. The van der Waals surface area contributed by atoms with Gasteiger partial charge in [0.15, 0.2) is 0 Å². The third kappa shape index (κ3) is 1.77. The fraction of sp³-hybridized carbons (Fsp3) is 0.818. The topological polar surface area (TPSA) is 93.1 Å². The smallest absolute Gasteiger partial charge is 0.303 e. The Morgan fingerprint density at radius 2 is 2.04 bits per heavy atom. The summed E-state index contributed by atoms with van der Waals surface area (Å²) in [6.07, 6.45) is 1.33. The molecule has 6 heteroatoms. The molecule has 2 aliphatic heterocycles. The van der Waals surface area contributed by atoms with E-state index in [2.05, 4.69) is 20.4 Å². The van der Waals surface area contributed by atoms with E-state index in [1.165, 1.54) is 6.92 Å². The molecule has 6 nitrogen and oxygen atoms in total. The molecule has 2 spiro atoms. The van der Waals surface area contributed by atoms with Crippen molar-refractivity contribution in [1.29, 1.82) is 0 Å². The summed E-state index contributed by atoms with van der Waals surface area (Å²) in [6.45, 7) is 9.83. The standard InChI is InChI=1S/C22H30O6/c1-11-13-5-6-14-20-10-27-22(26,21(14,9-13)18(11)28-12(2)23)17(25)16(20)19(3,4)8-7-15(20)24/h13-14,16-18,25-26H,1,5-10H2,2-4H3. The van der Waals surface area contributed by atoms with Gasteiger partial charge in [-0.1, -0.05) is 20.4 Å². The predicted octanol–water partition coefficient (Wildman–Crippen LogP) is 1.98. The largest absolute Gasteiger partial charge is 0.457 e. The van der Waals surface area contributed by atoms with Crippen LogP contribution in [0.1, 0.15) is 52.9 Å². The minimum Gasteiger partial charge on any atom is -0.457 e. The zero-order valence-corrected chi connectivity index (χ0v) is 16.9. The Hall–Kier alpha value is -1.24. The van der Waals surface area contributed by atoms with Crippen molar-refractivity contribution in [2.24, 2.45) is 34.0 Å². The molecule has 4 saturated carbocycles. The van der Waals surface area contributed by atoms with Crippen molar-refractivity contribution in [2.75, 3.05) is 6.61 Å². The summed E-state index contributed by atoms with van der Waals surface area (Å²) < 4.78 is 11.7. The second-order valence-electron chi connectivity index (χ2n) is 10.5. The molecule has 0 aromatic heterocycles. The van der Waals surface area contributed by atoms with Gasteiger partial charge in [0.2, 0.25) is 5.79 Å². The summed E-state index contributed by atoms with van der Waals surface area (Å²) in [5.41, 5.74) is -1.38. The monoisotopic (exact) mass is 390 g/mol. The number of esters is 1. The Balaban J connectivity index is 1.76. The van der Waals surface area contributed by atoms with Gasteiger partial charge in [0.25, 0.3) is 0 Å². The first-order chi connectivity index (χ1) is 13.0. The van der Waals surface area contributed by atoms with Crippen molar-refractivity contribution >= 4 is 11.8 Å². The molecule has 4 bridgehead atoms. The molecule has 0 amide bonds. The van der Waals surface area contributed by atoms with Crippen LogP contribution in [-0.2, 0) is 19.1 Å². The van der Waals surface area contributed by atoms with Gasteiger partial charge in [0.05, 0.1) is 17.4 Å². The average molecular weight is 390 g/mol. The first-order valence-electron chi connectivity index (χ1n) is 10.5. The number of aliphatic hydroxyl groups excluding tert-OH is 1. The molecule has 2 saturated heterocycles. The number of Topliss-reactive ketones (excluding diaryl/α,β-unsaturated/α-hetero) is 1. The molecule has 4 aliphatic carbocycles. The molecule has 2 N–H and O–H groups in total. The number of fused-ring (bicyclic) bond motifs is 2. The highest BCUT2D eigenvalue weighted by Gasteiger charge is 2.84. The van der Waals surface area contributed by atoms with E-state index in [9.17, 15) is 19.8 Å². The Labute approximate surface area is 165 Å². The van der Waals surface area contributed by atoms with Crippen molar-refractivity contribution in [2.45, 2.75) is 70.9 Å². The number of carbonyl (C=O) groups excluding carboxylic acids is 2. The Morgan fingerprint density at radius 3 is 2.71 bits per heavy atom. The molecule has 8 atom stereocenters. The van der Waals surface area contributed by atoms with Gasteiger partial charge in [0.1, 0.15) is 18.0 Å². The lowest BCUT2D eigenvalue weighted by Gasteiger charge is -2.73. The quantitative estimate of drug-likeness (QED) is 0.525. The highest BCUT2D eigenvalue weighted by atomic mass is 16.6. The van der Waals surface area contributed by atoms with Crippen LogP contribution >= 0.6 is 0 Å². The lowest BCUT2D eigenvalue weighted by atomic mass is 9.36. The van der Waals surface area contributed by atoms with Crippen LogP contribution in [0.3, 0.4) is 0 Å². The first-order valence-corrected chi connectivity index (χ1v) is 10.5. The van der Waals surface area contributed by atoms with Crippen LogP contribution in [0.25, 0.3) is 0 Å². The number of hydrogen-bond acceptors (Lipinski definition) is 6. The van der Waals surface area contributed by atoms with E-state index >= 15 is 0 Å². The number of ether oxygens (including phenoxy) is 2.